The summed E-state index contributed by atoms with van der Waals surface area (Å²) in [5.74, 6) is 0.432. The van der Waals surface area contributed by atoms with Gasteiger partial charge in [-0.15, -0.1) is 0 Å². The van der Waals surface area contributed by atoms with Gasteiger partial charge in [0, 0.05) is 25.0 Å². The van der Waals surface area contributed by atoms with Gasteiger partial charge in [0.25, 0.3) is 0 Å². The molecule has 1 aliphatic heterocycles. The molecular formula is C19H21NO. The fourth-order valence-corrected chi connectivity index (χ4v) is 3.72. The molecule has 108 valence electrons. The Morgan fingerprint density at radius 2 is 1.76 bits per heavy atom. The third kappa shape index (κ3) is 2.39. The summed E-state index contributed by atoms with van der Waals surface area (Å²) in [5.41, 5.74) is 4.41. The molecule has 4 rings (SSSR count). The van der Waals surface area contributed by atoms with E-state index in [9.17, 15) is 0 Å². The molecule has 1 saturated heterocycles. The van der Waals surface area contributed by atoms with E-state index in [1.165, 1.54) is 16.7 Å². The van der Waals surface area contributed by atoms with E-state index in [4.69, 9.17) is 4.74 Å². The summed E-state index contributed by atoms with van der Waals surface area (Å²) in [5, 5.41) is 0. The van der Waals surface area contributed by atoms with Crippen molar-refractivity contribution in [1.29, 1.82) is 0 Å². The summed E-state index contributed by atoms with van der Waals surface area (Å²) in [4.78, 5) is 2.58. The van der Waals surface area contributed by atoms with E-state index >= 15 is 0 Å². The zero-order chi connectivity index (χ0) is 14.1. The number of allylic oxidation sites excluding steroid dienone is 3. The molecule has 1 aromatic carbocycles. The van der Waals surface area contributed by atoms with Crippen molar-refractivity contribution >= 4 is 0 Å². The second-order valence-electron chi connectivity index (χ2n) is 5.96. The number of ether oxygens (including phenoxy) is 1. The highest BCUT2D eigenvalue weighted by molar-refractivity contribution is 5.54. The van der Waals surface area contributed by atoms with E-state index in [1.807, 2.05) is 0 Å². The van der Waals surface area contributed by atoms with Crippen LogP contribution in [0, 0.1) is 0 Å². The summed E-state index contributed by atoms with van der Waals surface area (Å²) in [7, 11) is 0. The van der Waals surface area contributed by atoms with Crippen LogP contribution in [0.2, 0.25) is 0 Å². The van der Waals surface area contributed by atoms with Gasteiger partial charge < -0.3 is 4.74 Å². The normalized spacial score (nSPS) is 29.0. The van der Waals surface area contributed by atoms with Crippen LogP contribution in [0.15, 0.2) is 65.8 Å². The summed E-state index contributed by atoms with van der Waals surface area (Å²) in [6.45, 7) is 3.85. The fraction of sp³-hybridized carbons (Fsp3) is 0.368. The van der Waals surface area contributed by atoms with Crippen molar-refractivity contribution in [2.24, 2.45) is 0 Å². The number of hydrogen-bond donors (Lipinski definition) is 0. The van der Waals surface area contributed by atoms with Gasteiger partial charge in [-0.3, -0.25) is 4.90 Å². The number of morpholine rings is 1. The largest absolute Gasteiger partial charge is 0.379 e. The molecule has 21 heavy (non-hydrogen) atoms. The van der Waals surface area contributed by atoms with Gasteiger partial charge >= 0.3 is 0 Å². The molecule has 2 atom stereocenters. The van der Waals surface area contributed by atoms with Crippen molar-refractivity contribution in [2.45, 2.75) is 18.4 Å². The zero-order valence-electron chi connectivity index (χ0n) is 12.2. The van der Waals surface area contributed by atoms with Gasteiger partial charge in [0.05, 0.1) is 13.2 Å². The molecule has 2 aliphatic carbocycles. The quantitative estimate of drug-likeness (QED) is 0.823. The number of benzene rings is 1. The number of hydrogen-bond acceptors (Lipinski definition) is 2. The van der Waals surface area contributed by atoms with Crippen LogP contribution in [0.5, 0.6) is 0 Å². The molecule has 1 aromatic rings. The Balaban J connectivity index is 1.64. The van der Waals surface area contributed by atoms with Gasteiger partial charge in [0.1, 0.15) is 0 Å². The molecule has 2 unspecified atom stereocenters. The minimum absolute atomic E-state index is 0.432. The second-order valence-corrected chi connectivity index (χ2v) is 5.96. The lowest BCUT2D eigenvalue weighted by Gasteiger charge is -2.36. The minimum atomic E-state index is 0.432. The van der Waals surface area contributed by atoms with Crippen LogP contribution in [-0.2, 0) is 4.74 Å². The second kappa shape index (κ2) is 5.63. The molecule has 0 saturated carbocycles. The van der Waals surface area contributed by atoms with Crippen LogP contribution >= 0.6 is 0 Å². The lowest BCUT2D eigenvalue weighted by Crippen LogP contribution is -2.44. The third-order valence-corrected chi connectivity index (χ3v) is 4.80. The third-order valence-electron chi connectivity index (χ3n) is 4.80. The maximum Gasteiger partial charge on any atom is 0.0594 e. The molecule has 2 nitrogen and oxygen atoms in total. The van der Waals surface area contributed by atoms with Gasteiger partial charge in [-0.05, 0) is 23.1 Å². The minimum Gasteiger partial charge on any atom is -0.379 e. The lowest BCUT2D eigenvalue weighted by molar-refractivity contribution is 0.0244. The number of rotatable bonds is 2. The van der Waals surface area contributed by atoms with Crippen LogP contribution in [0.4, 0.5) is 0 Å². The standard InChI is InChI=1S/C19H21NO/c1-2-5-15(6-3-1)16-9-10-18-17(16)7-4-8-19(18)20-11-13-21-14-12-20/h1-7,9-10,16,19H,8,11-14H2. The van der Waals surface area contributed by atoms with Gasteiger partial charge in [-0.1, -0.05) is 54.6 Å². The molecule has 3 aliphatic rings. The van der Waals surface area contributed by atoms with Gasteiger partial charge in [0.2, 0.25) is 0 Å². The van der Waals surface area contributed by atoms with Crippen LogP contribution in [0.3, 0.4) is 0 Å². The Bertz CT molecular complexity index is 593. The van der Waals surface area contributed by atoms with Gasteiger partial charge in [-0.2, -0.15) is 0 Å². The smallest absolute Gasteiger partial charge is 0.0594 e. The maximum atomic E-state index is 5.50. The Morgan fingerprint density at radius 3 is 2.57 bits per heavy atom. The first kappa shape index (κ1) is 13.1. The van der Waals surface area contributed by atoms with Gasteiger partial charge in [0.15, 0.2) is 0 Å². The average molecular weight is 279 g/mol. The van der Waals surface area contributed by atoms with E-state index in [0.29, 0.717) is 12.0 Å². The SMILES string of the molecule is C1=CC2=C(C=CC2c2ccccc2)C(N2CCOCC2)C1. The van der Waals surface area contributed by atoms with Crippen molar-refractivity contribution in [1.82, 2.24) is 4.90 Å². The molecule has 1 heterocycles. The Kier molecular flexibility index (Phi) is 3.50. The molecule has 2 heteroatoms. The molecule has 1 fully saturated rings. The predicted octanol–water partition coefficient (Wildman–Crippen LogP) is 3.30. The van der Waals surface area contributed by atoms with Crippen LogP contribution in [-0.4, -0.2) is 37.2 Å². The molecule has 0 aromatic heterocycles. The molecule has 0 bridgehead atoms. The average Bonchev–Trinajstić information content (AvgIpc) is 3.00. The Hall–Kier alpha value is -1.64. The Morgan fingerprint density at radius 1 is 0.952 bits per heavy atom. The zero-order valence-corrected chi connectivity index (χ0v) is 12.2. The monoisotopic (exact) mass is 279 g/mol. The van der Waals surface area contributed by atoms with Crippen molar-refractivity contribution < 1.29 is 4.74 Å². The molecule has 0 amide bonds. The van der Waals surface area contributed by atoms with Crippen molar-refractivity contribution in [2.75, 3.05) is 26.3 Å². The first-order chi connectivity index (χ1) is 10.4. The molecule has 0 spiro atoms. The maximum absolute atomic E-state index is 5.50. The van der Waals surface area contributed by atoms with E-state index in [0.717, 1.165) is 32.7 Å². The fourth-order valence-electron chi connectivity index (χ4n) is 3.72. The lowest BCUT2D eigenvalue weighted by atomic mass is 9.86. The van der Waals surface area contributed by atoms with E-state index in [2.05, 4.69) is 59.5 Å². The topological polar surface area (TPSA) is 12.5 Å². The van der Waals surface area contributed by atoms with Crippen molar-refractivity contribution in [3.05, 3.63) is 71.3 Å². The van der Waals surface area contributed by atoms with Crippen LogP contribution in [0.1, 0.15) is 17.9 Å². The van der Waals surface area contributed by atoms with E-state index in [-0.39, 0.29) is 0 Å². The van der Waals surface area contributed by atoms with E-state index < -0.39 is 0 Å². The highest BCUT2D eigenvalue weighted by atomic mass is 16.5. The number of nitrogens with zero attached hydrogens (tertiary/aromatic N) is 1. The van der Waals surface area contributed by atoms with E-state index in [1.54, 1.807) is 0 Å². The van der Waals surface area contributed by atoms with Crippen molar-refractivity contribution in [3.63, 3.8) is 0 Å². The summed E-state index contributed by atoms with van der Waals surface area (Å²) < 4.78 is 5.50. The molecule has 0 N–H and O–H groups in total. The van der Waals surface area contributed by atoms with Crippen molar-refractivity contribution in [3.8, 4) is 0 Å². The molecular weight excluding hydrogens is 258 g/mol. The summed E-state index contributed by atoms with van der Waals surface area (Å²) in [6, 6.07) is 11.4. The van der Waals surface area contributed by atoms with Crippen LogP contribution < -0.4 is 0 Å². The van der Waals surface area contributed by atoms with Gasteiger partial charge in [-0.25, -0.2) is 0 Å². The summed E-state index contributed by atoms with van der Waals surface area (Å²) in [6.07, 6.45) is 10.5. The highest BCUT2D eigenvalue weighted by Crippen LogP contribution is 2.40. The first-order valence-corrected chi connectivity index (χ1v) is 7.89. The molecule has 0 radical (unpaired) electrons. The predicted molar refractivity (Wildman–Crippen MR) is 85.3 cm³/mol. The summed E-state index contributed by atoms with van der Waals surface area (Å²) >= 11 is 0. The highest BCUT2D eigenvalue weighted by Gasteiger charge is 2.31. The first-order valence-electron chi connectivity index (χ1n) is 7.89. The Labute approximate surface area is 126 Å². The van der Waals surface area contributed by atoms with Crippen LogP contribution in [0.25, 0.3) is 0 Å².